The maximum atomic E-state index is 6.11. The highest BCUT2D eigenvalue weighted by Crippen LogP contribution is 2.34. The zero-order valence-corrected chi connectivity index (χ0v) is 10.6. The van der Waals surface area contributed by atoms with Crippen LogP contribution in [0.25, 0.3) is 10.8 Å². The molecule has 0 unspecified atom stereocenters. The molecule has 0 spiro atoms. The molecule has 1 N–H and O–H groups in total. The maximum Gasteiger partial charge on any atom is 0.159 e. The van der Waals surface area contributed by atoms with E-state index in [4.69, 9.17) is 11.6 Å². The number of hydrogen-bond acceptors (Lipinski definition) is 4. The van der Waals surface area contributed by atoms with Crippen LogP contribution in [0.5, 0.6) is 0 Å². The van der Waals surface area contributed by atoms with E-state index in [1.165, 1.54) is 6.42 Å². The van der Waals surface area contributed by atoms with Crippen molar-refractivity contribution in [2.45, 2.75) is 18.5 Å². The lowest BCUT2D eigenvalue weighted by atomic mass is 10.1. The first-order valence-electron chi connectivity index (χ1n) is 6.24. The number of piperazine rings is 1. The molecule has 1 aromatic carbocycles. The second-order valence-corrected chi connectivity index (χ2v) is 5.37. The first-order valence-corrected chi connectivity index (χ1v) is 6.61. The Labute approximate surface area is 110 Å². The Morgan fingerprint density at radius 3 is 2.78 bits per heavy atom. The number of benzene rings is 1. The van der Waals surface area contributed by atoms with Crippen LogP contribution in [0, 0.1) is 0 Å². The highest BCUT2D eigenvalue weighted by atomic mass is 35.5. The van der Waals surface area contributed by atoms with Crippen LogP contribution < -0.4 is 10.2 Å². The smallest absolute Gasteiger partial charge is 0.159 e. The molecule has 2 aromatic rings. The van der Waals surface area contributed by atoms with Crippen LogP contribution in [0.2, 0.25) is 5.15 Å². The second kappa shape index (κ2) is 3.80. The van der Waals surface area contributed by atoms with E-state index < -0.39 is 0 Å². The van der Waals surface area contributed by atoms with Gasteiger partial charge in [0, 0.05) is 35.9 Å². The first kappa shape index (κ1) is 10.5. The van der Waals surface area contributed by atoms with Crippen LogP contribution in [0.1, 0.15) is 6.42 Å². The molecule has 3 heterocycles. The molecule has 0 saturated carbocycles. The van der Waals surface area contributed by atoms with Gasteiger partial charge in [-0.25, -0.2) is 0 Å². The van der Waals surface area contributed by atoms with Crippen molar-refractivity contribution >= 4 is 28.2 Å². The van der Waals surface area contributed by atoms with E-state index in [9.17, 15) is 0 Å². The molecule has 0 amide bonds. The van der Waals surface area contributed by atoms with E-state index in [0.717, 1.165) is 29.7 Å². The molecule has 2 aliphatic rings. The molecular weight excluding hydrogens is 248 g/mol. The van der Waals surface area contributed by atoms with Gasteiger partial charge in [0.2, 0.25) is 0 Å². The zero-order chi connectivity index (χ0) is 12.1. The van der Waals surface area contributed by atoms with E-state index in [1.807, 2.05) is 18.2 Å². The third-order valence-corrected chi connectivity index (χ3v) is 4.23. The van der Waals surface area contributed by atoms with Crippen molar-refractivity contribution in [3.8, 4) is 0 Å². The number of anilines is 1. The fraction of sp³-hybridized carbons (Fsp3) is 0.385. The third kappa shape index (κ3) is 1.42. The Kier molecular flexibility index (Phi) is 2.22. The number of hydrogen-bond donors (Lipinski definition) is 1. The minimum Gasteiger partial charge on any atom is -0.349 e. The Morgan fingerprint density at radius 1 is 1.22 bits per heavy atom. The molecule has 0 aliphatic carbocycles. The predicted molar refractivity (Wildman–Crippen MR) is 72.1 cm³/mol. The average Bonchev–Trinajstić information content (AvgIpc) is 3.02. The van der Waals surface area contributed by atoms with Gasteiger partial charge in [-0.1, -0.05) is 35.9 Å². The van der Waals surface area contributed by atoms with Crippen molar-refractivity contribution in [1.29, 1.82) is 0 Å². The highest BCUT2D eigenvalue weighted by molar-refractivity contribution is 6.34. The molecule has 0 radical (unpaired) electrons. The summed E-state index contributed by atoms with van der Waals surface area (Å²) in [6, 6.07) is 9.24. The average molecular weight is 261 g/mol. The number of halogens is 1. The molecule has 4 nitrogen and oxygen atoms in total. The summed E-state index contributed by atoms with van der Waals surface area (Å²) < 4.78 is 0. The van der Waals surface area contributed by atoms with Gasteiger partial charge in [-0.2, -0.15) is 0 Å². The lowest BCUT2D eigenvalue weighted by Crippen LogP contribution is -2.44. The summed E-state index contributed by atoms with van der Waals surface area (Å²) in [7, 11) is 0. The minimum absolute atomic E-state index is 0.483. The van der Waals surface area contributed by atoms with E-state index in [1.54, 1.807) is 0 Å². The van der Waals surface area contributed by atoms with E-state index in [-0.39, 0.29) is 0 Å². The maximum absolute atomic E-state index is 6.11. The lowest BCUT2D eigenvalue weighted by molar-refractivity contribution is 0.576. The Morgan fingerprint density at radius 2 is 2.06 bits per heavy atom. The van der Waals surface area contributed by atoms with Crippen LogP contribution >= 0.6 is 11.6 Å². The van der Waals surface area contributed by atoms with Crippen LogP contribution in [0.15, 0.2) is 24.3 Å². The molecule has 2 aliphatic heterocycles. The fourth-order valence-electron chi connectivity index (χ4n) is 3.09. The standard InChI is InChI=1S/C13H13ClN4/c14-12-10-3-1-2-4-11(10)13(17-16-12)18-7-8-5-9(18)6-15-8/h1-4,8-9,15H,5-7H2/t8-,9+/m0/s1. The topological polar surface area (TPSA) is 41.1 Å². The zero-order valence-electron chi connectivity index (χ0n) is 9.81. The van der Waals surface area contributed by atoms with Crippen molar-refractivity contribution in [2.75, 3.05) is 18.0 Å². The first-order chi connectivity index (χ1) is 8.83. The van der Waals surface area contributed by atoms with Gasteiger partial charge in [0.25, 0.3) is 0 Å². The number of fused-ring (bicyclic) bond motifs is 3. The van der Waals surface area contributed by atoms with Crippen molar-refractivity contribution in [3.05, 3.63) is 29.4 Å². The van der Waals surface area contributed by atoms with Gasteiger partial charge < -0.3 is 10.2 Å². The van der Waals surface area contributed by atoms with Gasteiger partial charge in [-0.3, -0.25) is 0 Å². The Hall–Kier alpha value is -1.39. The van der Waals surface area contributed by atoms with Crippen molar-refractivity contribution in [2.24, 2.45) is 0 Å². The van der Waals surface area contributed by atoms with Gasteiger partial charge in [0.05, 0.1) is 0 Å². The number of aromatic nitrogens is 2. The van der Waals surface area contributed by atoms with Crippen LogP contribution in [0.4, 0.5) is 5.82 Å². The molecule has 92 valence electrons. The van der Waals surface area contributed by atoms with Gasteiger partial charge >= 0.3 is 0 Å². The molecule has 1 aromatic heterocycles. The van der Waals surface area contributed by atoms with Crippen LogP contribution in [-0.2, 0) is 0 Å². The molecule has 5 heteroatoms. The molecule has 2 fully saturated rings. The summed E-state index contributed by atoms with van der Waals surface area (Å²) in [6.45, 7) is 2.06. The van der Waals surface area contributed by atoms with Crippen molar-refractivity contribution < 1.29 is 0 Å². The van der Waals surface area contributed by atoms with Gasteiger partial charge in [0.15, 0.2) is 11.0 Å². The summed E-state index contributed by atoms with van der Waals surface area (Å²) in [6.07, 6.45) is 1.21. The predicted octanol–water partition coefficient (Wildman–Crippen LogP) is 1.83. The minimum atomic E-state index is 0.483. The highest BCUT2D eigenvalue weighted by Gasteiger charge is 2.38. The van der Waals surface area contributed by atoms with E-state index in [2.05, 4.69) is 26.5 Å². The van der Waals surface area contributed by atoms with Crippen molar-refractivity contribution in [1.82, 2.24) is 15.5 Å². The quantitative estimate of drug-likeness (QED) is 0.850. The fourth-order valence-corrected chi connectivity index (χ4v) is 3.29. The summed E-state index contributed by atoms with van der Waals surface area (Å²) in [5.41, 5.74) is 0. The van der Waals surface area contributed by atoms with Gasteiger partial charge in [-0.15, -0.1) is 10.2 Å². The Bertz CT molecular complexity index is 615. The van der Waals surface area contributed by atoms with Gasteiger partial charge in [0.1, 0.15) is 0 Å². The Balaban J connectivity index is 1.88. The monoisotopic (exact) mass is 260 g/mol. The van der Waals surface area contributed by atoms with Gasteiger partial charge in [-0.05, 0) is 6.42 Å². The van der Waals surface area contributed by atoms with Crippen LogP contribution in [0.3, 0.4) is 0 Å². The molecule has 2 atom stereocenters. The third-order valence-electron chi connectivity index (χ3n) is 3.95. The molecule has 2 saturated heterocycles. The number of nitrogens with zero attached hydrogens (tertiary/aromatic N) is 3. The summed E-state index contributed by atoms with van der Waals surface area (Å²) in [5, 5.41) is 14.5. The normalized spacial score (nSPS) is 26.2. The SMILES string of the molecule is Clc1nnc(N2C[C@@H]3C[C@@H]2CN3)c2ccccc12. The van der Waals surface area contributed by atoms with E-state index in [0.29, 0.717) is 17.2 Å². The molecular formula is C13H13ClN4. The molecule has 2 bridgehead atoms. The number of nitrogens with one attached hydrogen (secondary N) is 1. The number of rotatable bonds is 1. The lowest BCUT2D eigenvalue weighted by Gasteiger charge is -2.28. The van der Waals surface area contributed by atoms with E-state index >= 15 is 0 Å². The largest absolute Gasteiger partial charge is 0.349 e. The molecule has 4 rings (SSSR count). The van der Waals surface area contributed by atoms with Crippen LogP contribution in [-0.4, -0.2) is 35.4 Å². The molecule has 18 heavy (non-hydrogen) atoms. The summed E-state index contributed by atoms with van der Waals surface area (Å²) in [4.78, 5) is 2.37. The second-order valence-electron chi connectivity index (χ2n) is 5.01. The van der Waals surface area contributed by atoms with Crippen molar-refractivity contribution in [3.63, 3.8) is 0 Å². The summed E-state index contributed by atoms with van der Waals surface area (Å²) in [5.74, 6) is 0.976. The summed E-state index contributed by atoms with van der Waals surface area (Å²) >= 11 is 6.11.